The zero-order valence-corrected chi connectivity index (χ0v) is 12.4. The predicted molar refractivity (Wildman–Crippen MR) is 87.2 cm³/mol. The van der Waals surface area contributed by atoms with E-state index in [9.17, 15) is 0 Å². The molecule has 1 heterocycles. The van der Waals surface area contributed by atoms with Crippen LogP contribution in [0.3, 0.4) is 0 Å². The Hall–Kier alpha value is -2.13. The van der Waals surface area contributed by atoms with E-state index >= 15 is 0 Å². The fraction of sp³-hybridized carbons (Fsp3) is 0.278. The molecule has 3 heteroatoms. The standard InChI is InChI=1S/C18H21N3/c1-2-16(19)10-17-12-21(13-20-17)11-15-8-5-7-14-6-3-4-9-18(14)15/h3-9,12-13,16H,2,10-11,19H2,1H3. The summed E-state index contributed by atoms with van der Waals surface area (Å²) in [5, 5.41) is 2.59. The van der Waals surface area contributed by atoms with Gasteiger partial charge in [0, 0.05) is 25.2 Å². The van der Waals surface area contributed by atoms with Crippen LogP contribution in [-0.2, 0) is 13.0 Å². The van der Waals surface area contributed by atoms with Crippen LogP contribution in [0.1, 0.15) is 24.6 Å². The van der Waals surface area contributed by atoms with E-state index in [1.807, 2.05) is 6.33 Å². The zero-order valence-electron chi connectivity index (χ0n) is 12.4. The molecule has 21 heavy (non-hydrogen) atoms. The molecule has 0 fully saturated rings. The highest BCUT2D eigenvalue weighted by Crippen LogP contribution is 2.19. The van der Waals surface area contributed by atoms with E-state index in [2.05, 4.69) is 65.1 Å². The van der Waals surface area contributed by atoms with Gasteiger partial charge in [-0.3, -0.25) is 0 Å². The minimum atomic E-state index is 0.200. The summed E-state index contributed by atoms with van der Waals surface area (Å²) >= 11 is 0. The molecule has 3 nitrogen and oxygen atoms in total. The number of benzene rings is 2. The van der Waals surface area contributed by atoms with Crippen molar-refractivity contribution in [2.75, 3.05) is 0 Å². The molecule has 0 saturated carbocycles. The summed E-state index contributed by atoms with van der Waals surface area (Å²) in [6.07, 6.45) is 5.84. The molecule has 0 spiro atoms. The number of nitrogens with zero attached hydrogens (tertiary/aromatic N) is 2. The first kappa shape index (κ1) is 13.8. The molecular formula is C18H21N3. The summed E-state index contributed by atoms with van der Waals surface area (Å²) in [6, 6.07) is 15.1. The molecule has 108 valence electrons. The molecule has 3 aromatic rings. The minimum absolute atomic E-state index is 0.200. The number of imidazole rings is 1. The third-order valence-corrected chi connectivity index (χ3v) is 3.92. The maximum atomic E-state index is 5.99. The quantitative estimate of drug-likeness (QED) is 0.778. The van der Waals surface area contributed by atoms with Crippen LogP contribution >= 0.6 is 0 Å². The molecule has 2 aromatic carbocycles. The second-order valence-electron chi connectivity index (χ2n) is 5.55. The topological polar surface area (TPSA) is 43.8 Å². The smallest absolute Gasteiger partial charge is 0.0952 e. The number of aromatic nitrogens is 2. The molecule has 2 N–H and O–H groups in total. The van der Waals surface area contributed by atoms with Gasteiger partial charge in [0.15, 0.2) is 0 Å². The van der Waals surface area contributed by atoms with Gasteiger partial charge in [-0.25, -0.2) is 4.98 Å². The van der Waals surface area contributed by atoms with Crippen molar-refractivity contribution in [3.8, 4) is 0 Å². The molecule has 0 bridgehead atoms. The average Bonchev–Trinajstić information content (AvgIpc) is 2.94. The minimum Gasteiger partial charge on any atom is -0.333 e. The highest BCUT2D eigenvalue weighted by Gasteiger charge is 2.06. The first-order chi connectivity index (χ1) is 10.3. The van der Waals surface area contributed by atoms with Crippen LogP contribution in [0.4, 0.5) is 0 Å². The van der Waals surface area contributed by atoms with Crippen LogP contribution in [0.2, 0.25) is 0 Å². The molecule has 1 atom stereocenters. The maximum Gasteiger partial charge on any atom is 0.0952 e. The second-order valence-corrected chi connectivity index (χ2v) is 5.55. The van der Waals surface area contributed by atoms with E-state index in [0.29, 0.717) is 0 Å². The Bertz CT molecular complexity index is 725. The van der Waals surface area contributed by atoms with Crippen molar-refractivity contribution in [1.29, 1.82) is 0 Å². The van der Waals surface area contributed by atoms with E-state index in [1.54, 1.807) is 0 Å². The Morgan fingerprint density at radius 3 is 2.81 bits per heavy atom. The van der Waals surface area contributed by atoms with Crippen molar-refractivity contribution in [3.63, 3.8) is 0 Å². The van der Waals surface area contributed by atoms with Crippen molar-refractivity contribution in [2.24, 2.45) is 5.73 Å². The van der Waals surface area contributed by atoms with Crippen LogP contribution < -0.4 is 5.73 Å². The van der Waals surface area contributed by atoms with Crippen LogP contribution in [0.25, 0.3) is 10.8 Å². The van der Waals surface area contributed by atoms with E-state index < -0.39 is 0 Å². The van der Waals surface area contributed by atoms with E-state index in [4.69, 9.17) is 5.73 Å². The van der Waals surface area contributed by atoms with E-state index in [0.717, 1.165) is 25.1 Å². The zero-order chi connectivity index (χ0) is 14.7. The molecule has 0 amide bonds. The lowest BCUT2D eigenvalue weighted by Crippen LogP contribution is -2.21. The van der Waals surface area contributed by atoms with E-state index in [-0.39, 0.29) is 6.04 Å². The Kier molecular flexibility index (Phi) is 4.02. The maximum absolute atomic E-state index is 5.99. The van der Waals surface area contributed by atoms with Gasteiger partial charge in [0.2, 0.25) is 0 Å². The molecular weight excluding hydrogens is 258 g/mol. The van der Waals surface area contributed by atoms with Crippen molar-refractivity contribution >= 4 is 10.8 Å². The summed E-state index contributed by atoms with van der Waals surface area (Å²) in [4.78, 5) is 4.46. The molecule has 3 rings (SSSR count). The van der Waals surface area contributed by atoms with Crippen LogP contribution in [-0.4, -0.2) is 15.6 Å². The third kappa shape index (κ3) is 3.14. The van der Waals surface area contributed by atoms with Crippen LogP contribution in [0.15, 0.2) is 55.0 Å². The normalized spacial score (nSPS) is 12.7. The lowest BCUT2D eigenvalue weighted by atomic mass is 10.0. The molecule has 0 aliphatic rings. The lowest BCUT2D eigenvalue weighted by molar-refractivity contribution is 0.638. The summed E-state index contributed by atoms with van der Waals surface area (Å²) < 4.78 is 2.14. The Labute approximate surface area is 125 Å². The summed E-state index contributed by atoms with van der Waals surface area (Å²) in [6.45, 7) is 2.95. The van der Waals surface area contributed by atoms with Gasteiger partial charge in [-0.2, -0.15) is 0 Å². The van der Waals surface area contributed by atoms with Gasteiger partial charge in [-0.15, -0.1) is 0 Å². The second kappa shape index (κ2) is 6.10. The Morgan fingerprint density at radius 1 is 1.14 bits per heavy atom. The molecule has 1 unspecified atom stereocenters. The van der Waals surface area contributed by atoms with Gasteiger partial charge in [0.05, 0.1) is 12.0 Å². The average molecular weight is 279 g/mol. The fourth-order valence-corrected chi connectivity index (χ4v) is 2.64. The summed E-state index contributed by atoms with van der Waals surface area (Å²) in [5.41, 5.74) is 8.38. The van der Waals surface area contributed by atoms with Crippen molar-refractivity contribution in [3.05, 3.63) is 66.2 Å². The predicted octanol–water partition coefficient (Wildman–Crippen LogP) is 3.36. The SMILES string of the molecule is CCC(N)Cc1cn(Cc2cccc3ccccc23)cn1. The summed E-state index contributed by atoms with van der Waals surface area (Å²) in [5.74, 6) is 0. The number of hydrogen-bond donors (Lipinski definition) is 1. The number of nitrogens with two attached hydrogens (primary N) is 1. The third-order valence-electron chi connectivity index (χ3n) is 3.92. The van der Waals surface area contributed by atoms with Gasteiger partial charge in [0.25, 0.3) is 0 Å². The van der Waals surface area contributed by atoms with Gasteiger partial charge in [0.1, 0.15) is 0 Å². The Balaban J connectivity index is 1.82. The lowest BCUT2D eigenvalue weighted by Gasteiger charge is -2.07. The van der Waals surface area contributed by atoms with Gasteiger partial charge in [-0.05, 0) is 22.8 Å². The molecule has 0 saturated heterocycles. The van der Waals surface area contributed by atoms with Gasteiger partial charge in [-0.1, -0.05) is 49.4 Å². The number of fused-ring (bicyclic) bond motifs is 1. The molecule has 0 radical (unpaired) electrons. The summed E-state index contributed by atoms with van der Waals surface area (Å²) in [7, 11) is 0. The molecule has 1 aromatic heterocycles. The fourth-order valence-electron chi connectivity index (χ4n) is 2.64. The largest absolute Gasteiger partial charge is 0.333 e. The first-order valence-electron chi connectivity index (χ1n) is 7.49. The van der Waals surface area contributed by atoms with Gasteiger partial charge >= 0.3 is 0 Å². The highest BCUT2D eigenvalue weighted by molar-refractivity contribution is 5.85. The van der Waals surface area contributed by atoms with Crippen molar-refractivity contribution in [2.45, 2.75) is 32.4 Å². The van der Waals surface area contributed by atoms with Crippen molar-refractivity contribution < 1.29 is 0 Å². The van der Waals surface area contributed by atoms with Crippen molar-refractivity contribution in [1.82, 2.24) is 9.55 Å². The first-order valence-corrected chi connectivity index (χ1v) is 7.49. The van der Waals surface area contributed by atoms with E-state index in [1.165, 1.54) is 16.3 Å². The van der Waals surface area contributed by atoms with Gasteiger partial charge < -0.3 is 10.3 Å². The number of rotatable bonds is 5. The molecule has 0 aliphatic carbocycles. The monoisotopic (exact) mass is 279 g/mol. The molecule has 0 aliphatic heterocycles. The highest BCUT2D eigenvalue weighted by atomic mass is 15.0. The van der Waals surface area contributed by atoms with Crippen LogP contribution in [0, 0.1) is 0 Å². The van der Waals surface area contributed by atoms with Crippen LogP contribution in [0.5, 0.6) is 0 Å². The number of hydrogen-bond acceptors (Lipinski definition) is 2. The Morgan fingerprint density at radius 2 is 1.95 bits per heavy atom.